The molecule has 0 saturated heterocycles. The van der Waals surface area contributed by atoms with Gasteiger partial charge in [-0.25, -0.2) is 0 Å². The van der Waals surface area contributed by atoms with Crippen molar-refractivity contribution in [1.82, 2.24) is 0 Å². The van der Waals surface area contributed by atoms with Crippen molar-refractivity contribution in [3.05, 3.63) is 29.8 Å². The number of carbonyl (C=O) groups is 1. The fraction of sp³-hybridized carbons (Fsp3) is 0.100. The molecule has 66 valence electrons. The van der Waals surface area contributed by atoms with Gasteiger partial charge in [-0.05, 0) is 23.6 Å². The molecule has 0 fully saturated rings. The molecule has 0 aliphatic rings. The number of amides is 1. The van der Waals surface area contributed by atoms with E-state index in [-0.39, 0.29) is 5.91 Å². The maximum atomic E-state index is 10.7. The van der Waals surface area contributed by atoms with Crippen molar-refractivity contribution in [1.29, 1.82) is 5.41 Å². The average molecular weight is 174 g/mol. The third-order valence-corrected chi connectivity index (χ3v) is 1.47. The zero-order chi connectivity index (χ0) is 9.68. The van der Waals surface area contributed by atoms with E-state index in [0.717, 1.165) is 11.3 Å². The summed E-state index contributed by atoms with van der Waals surface area (Å²) < 4.78 is 0. The Morgan fingerprint density at radius 3 is 2.54 bits per heavy atom. The molecule has 0 unspecified atom stereocenters. The van der Waals surface area contributed by atoms with E-state index in [1.165, 1.54) is 6.92 Å². The molecule has 0 saturated carbocycles. The Bertz CT molecular complexity index is 348. The summed E-state index contributed by atoms with van der Waals surface area (Å²) in [5.74, 6) is 2.09. The van der Waals surface area contributed by atoms with E-state index in [0.29, 0.717) is 0 Å². The van der Waals surface area contributed by atoms with E-state index >= 15 is 0 Å². The molecule has 1 amide bonds. The van der Waals surface area contributed by atoms with Crippen LogP contribution in [0.1, 0.15) is 12.5 Å². The molecule has 1 aromatic rings. The molecule has 3 nitrogen and oxygen atoms in total. The first-order valence-corrected chi connectivity index (χ1v) is 3.85. The highest BCUT2D eigenvalue weighted by atomic mass is 16.1. The molecule has 0 aliphatic heterocycles. The Kier molecular flexibility index (Phi) is 3.01. The lowest BCUT2D eigenvalue weighted by molar-refractivity contribution is -0.114. The Balaban J connectivity index is 2.80. The summed E-state index contributed by atoms with van der Waals surface area (Å²) in [6.07, 6.45) is 1.55. The number of hydrogen-bond acceptors (Lipinski definition) is 2. The quantitative estimate of drug-likeness (QED) is 0.661. The van der Waals surface area contributed by atoms with Crippen LogP contribution in [0.2, 0.25) is 0 Å². The van der Waals surface area contributed by atoms with Gasteiger partial charge in [-0.3, -0.25) is 10.2 Å². The van der Waals surface area contributed by atoms with Crippen LogP contribution in [0.3, 0.4) is 0 Å². The van der Waals surface area contributed by atoms with E-state index < -0.39 is 0 Å². The Morgan fingerprint density at radius 1 is 1.46 bits per heavy atom. The molecule has 13 heavy (non-hydrogen) atoms. The van der Waals surface area contributed by atoms with Gasteiger partial charge in [0.1, 0.15) is 0 Å². The van der Waals surface area contributed by atoms with Crippen LogP contribution in [-0.4, -0.2) is 11.8 Å². The summed E-state index contributed by atoms with van der Waals surface area (Å²) >= 11 is 0. The number of anilines is 1. The molecule has 0 radical (unpaired) electrons. The van der Waals surface area contributed by atoms with Gasteiger partial charge in [0.15, 0.2) is 0 Å². The number of rotatable bonds is 2. The van der Waals surface area contributed by atoms with Gasteiger partial charge in [0.2, 0.25) is 5.91 Å². The minimum Gasteiger partial charge on any atom is -0.326 e. The van der Waals surface area contributed by atoms with Crippen LogP contribution in [-0.2, 0) is 4.79 Å². The lowest BCUT2D eigenvalue weighted by atomic mass is 10.2. The molecule has 3 heteroatoms. The zero-order valence-electron chi connectivity index (χ0n) is 7.29. The number of nitrogens with one attached hydrogen (secondary N) is 2. The first-order valence-electron chi connectivity index (χ1n) is 3.85. The van der Waals surface area contributed by atoms with Crippen LogP contribution >= 0.6 is 0 Å². The van der Waals surface area contributed by atoms with Crippen LogP contribution in [0.15, 0.2) is 24.3 Å². The number of hydrogen-bond donors (Lipinski definition) is 2. The second kappa shape index (κ2) is 4.24. The lowest BCUT2D eigenvalue weighted by Gasteiger charge is -2.00. The van der Waals surface area contributed by atoms with Gasteiger partial charge in [0, 0.05) is 18.7 Å². The number of carbonyl (C=O) groups excluding carboxylic acids is 1. The molecule has 0 spiro atoms. The fourth-order valence-electron chi connectivity index (χ4n) is 0.949. The van der Waals surface area contributed by atoms with Crippen molar-refractivity contribution in [2.24, 2.45) is 0 Å². The molecule has 0 aliphatic carbocycles. The average Bonchev–Trinajstić information content (AvgIpc) is 2.08. The van der Waals surface area contributed by atoms with Gasteiger partial charge in [-0.15, -0.1) is 0 Å². The normalized spacial score (nSPS) is 8.69. The standard InChI is InChI=1S/C10H10N2O/c1-8(13)12-10-4-2-9(3-5-10)6-7-11/h2-6,11H,1H3,(H,12,13). The van der Waals surface area contributed by atoms with Gasteiger partial charge < -0.3 is 5.32 Å². The maximum Gasteiger partial charge on any atom is 0.221 e. The maximum absolute atomic E-state index is 10.7. The summed E-state index contributed by atoms with van der Waals surface area (Å²) in [6.45, 7) is 1.46. The van der Waals surface area contributed by atoms with Gasteiger partial charge in [0.25, 0.3) is 0 Å². The van der Waals surface area contributed by atoms with Crippen LogP contribution < -0.4 is 5.32 Å². The third kappa shape index (κ3) is 2.93. The van der Waals surface area contributed by atoms with E-state index in [2.05, 4.69) is 11.2 Å². The lowest BCUT2D eigenvalue weighted by Crippen LogP contribution is -2.05. The second-order valence-corrected chi connectivity index (χ2v) is 2.59. The highest BCUT2D eigenvalue weighted by Gasteiger charge is 1.93. The van der Waals surface area contributed by atoms with Crippen LogP contribution in [0.4, 0.5) is 5.69 Å². The molecular weight excluding hydrogens is 164 g/mol. The highest BCUT2D eigenvalue weighted by Crippen LogP contribution is 2.09. The zero-order valence-corrected chi connectivity index (χ0v) is 7.29. The first-order chi connectivity index (χ1) is 6.22. The van der Waals surface area contributed by atoms with E-state index in [4.69, 9.17) is 5.41 Å². The Hall–Kier alpha value is -1.86. The smallest absolute Gasteiger partial charge is 0.221 e. The van der Waals surface area contributed by atoms with Crippen LogP contribution in [0.5, 0.6) is 0 Å². The predicted molar refractivity (Wildman–Crippen MR) is 52.9 cm³/mol. The van der Waals surface area contributed by atoms with Gasteiger partial charge in [-0.2, -0.15) is 0 Å². The minimum absolute atomic E-state index is 0.0876. The SMILES string of the molecule is CC(=O)Nc1ccc(C=C=N)cc1. The van der Waals surface area contributed by atoms with Crippen molar-refractivity contribution < 1.29 is 4.79 Å². The molecule has 1 rings (SSSR count). The van der Waals surface area contributed by atoms with Crippen LogP contribution in [0.25, 0.3) is 6.08 Å². The van der Waals surface area contributed by atoms with Gasteiger partial charge in [0.05, 0.1) is 0 Å². The molecule has 0 bridgehead atoms. The summed E-state index contributed by atoms with van der Waals surface area (Å²) in [7, 11) is 0. The topological polar surface area (TPSA) is 53.0 Å². The molecule has 0 atom stereocenters. The fourth-order valence-corrected chi connectivity index (χ4v) is 0.949. The molecule has 1 aromatic carbocycles. The van der Waals surface area contributed by atoms with E-state index in [1.54, 1.807) is 18.2 Å². The van der Waals surface area contributed by atoms with Crippen molar-refractivity contribution in [3.63, 3.8) is 0 Å². The predicted octanol–water partition coefficient (Wildman–Crippen LogP) is 1.91. The van der Waals surface area contributed by atoms with Crippen molar-refractivity contribution in [3.8, 4) is 0 Å². The Labute approximate surface area is 76.6 Å². The summed E-state index contributed by atoms with van der Waals surface area (Å²) in [6, 6.07) is 7.19. The highest BCUT2D eigenvalue weighted by molar-refractivity contribution is 5.88. The van der Waals surface area contributed by atoms with Gasteiger partial charge in [-0.1, -0.05) is 12.1 Å². The third-order valence-electron chi connectivity index (χ3n) is 1.47. The second-order valence-electron chi connectivity index (χ2n) is 2.59. The largest absolute Gasteiger partial charge is 0.326 e. The van der Waals surface area contributed by atoms with Crippen molar-refractivity contribution in [2.75, 3.05) is 5.32 Å². The minimum atomic E-state index is -0.0876. The summed E-state index contributed by atoms with van der Waals surface area (Å²) in [5, 5.41) is 9.39. The monoisotopic (exact) mass is 174 g/mol. The number of benzene rings is 1. The van der Waals surface area contributed by atoms with E-state index in [1.807, 2.05) is 12.1 Å². The van der Waals surface area contributed by atoms with E-state index in [9.17, 15) is 4.79 Å². The van der Waals surface area contributed by atoms with Crippen LogP contribution in [0, 0.1) is 5.41 Å². The van der Waals surface area contributed by atoms with Gasteiger partial charge >= 0.3 is 0 Å². The van der Waals surface area contributed by atoms with Crippen molar-refractivity contribution in [2.45, 2.75) is 6.92 Å². The molecular formula is C10H10N2O. The van der Waals surface area contributed by atoms with Crippen molar-refractivity contribution >= 4 is 23.5 Å². The summed E-state index contributed by atoms with van der Waals surface area (Å²) in [4.78, 5) is 10.7. The molecule has 0 heterocycles. The molecule has 0 aromatic heterocycles. The molecule has 2 N–H and O–H groups in total. The Morgan fingerprint density at radius 2 is 2.08 bits per heavy atom. The summed E-state index contributed by atoms with van der Waals surface area (Å²) in [5.41, 5.74) is 1.65. The first kappa shape index (κ1) is 9.23.